The van der Waals surface area contributed by atoms with Gasteiger partial charge in [0.2, 0.25) is 10.0 Å². The van der Waals surface area contributed by atoms with Crippen LogP contribution in [0.3, 0.4) is 0 Å². The lowest BCUT2D eigenvalue weighted by molar-refractivity contribution is -0.00631. The number of sulfonamides is 1. The van der Waals surface area contributed by atoms with Crippen LogP contribution in [-0.2, 0) is 15.6 Å². The number of rotatable bonds is 6. The number of benzene rings is 3. The Morgan fingerprint density at radius 1 is 0.914 bits per heavy atom. The third kappa shape index (κ3) is 5.26. The van der Waals surface area contributed by atoms with Crippen LogP contribution >= 0.6 is 12.2 Å². The van der Waals surface area contributed by atoms with Crippen molar-refractivity contribution in [1.29, 1.82) is 0 Å². The molecule has 35 heavy (non-hydrogen) atoms. The number of likely N-dealkylation sites (tertiary alicyclic amines) is 1. The van der Waals surface area contributed by atoms with Gasteiger partial charge in [0.05, 0.1) is 4.90 Å². The van der Waals surface area contributed by atoms with E-state index in [1.165, 1.54) is 18.4 Å². The summed E-state index contributed by atoms with van der Waals surface area (Å²) < 4.78 is 25.8. The second kappa shape index (κ2) is 10.5. The van der Waals surface area contributed by atoms with Crippen molar-refractivity contribution in [2.45, 2.75) is 23.3 Å². The first kappa shape index (κ1) is 25.3. The lowest BCUT2D eigenvalue weighted by atomic mass is 9.72. The van der Waals surface area contributed by atoms with Gasteiger partial charge in [-0.2, -0.15) is 0 Å². The Bertz CT molecular complexity index is 1200. The maximum atomic E-state index is 12.3. The molecule has 6 nitrogen and oxygen atoms in total. The molecule has 0 amide bonds. The predicted molar refractivity (Wildman–Crippen MR) is 144 cm³/mol. The van der Waals surface area contributed by atoms with Crippen LogP contribution in [0.25, 0.3) is 0 Å². The molecule has 0 unspecified atom stereocenters. The molecule has 4 rings (SSSR count). The SMILES string of the molecule is CN(C)S(=O)(=O)c1ccc(NC(=S)N2CCC(C(O)(c3ccccc3)c3ccccc3)CC2)cc1. The van der Waals surface area contributed by atoms with E-state index in [2.05, 4.69) is 10.2 Å². The number of thiocarbonyl (C=S) groups is 1. The van der Waals surface area contributed by atoms with Gasteiger partial charge in [0, 0.05) is 32.9 Å². The average Bonchev–Trinajstić information content (AvgIpc) is 2.89. The van der Waals surface area contributed by atoms with Crippen molar-refractivity contribution in [2.75, 3.05) is 32.5 Å². The molecule has 1 saturated heterocycles. The number of nitrogens with zero attached hydrogens (tertiary/aromatic N) is 2. The molecule has 3 aromatic carbocycles. The molecule has 0 saturated carbocycles. The summed E-state index contributed by atoms with van der Waals surface area (Å²) in [5.41, 5.74) is 1.47. The molecule has 0 atom stereocenters. The molecular formula is C27H31N3O3S2. The third-order valence-electron chi connectivity index (χ3n) is 6.68. The Morgan fingerprint density at radius 3 is 1.86 bits per heavy atom. The van der Waals surface area contributed by atoms with Crippen LogP contribution in [-0.4, -0.2) is 55.0 Å². The minimum absolute atomic E-state index is 0.0434. The first-order valence-electron chi connectivity index (χ1n) is 11.6. The Labute approximate surface area is 213 Å². The van der Waals surface area contributed by atoms with Crippen LogP contribution in [0, 0.1) is 5.92 Å². The summed E-state index contributed by atoms with van der Waals surface area (Å²) in [5, 5.41) is 15.9. The second-order valence-corrected chi connectivity index (χ2v) is 11.5. The molecule has 2 N–H and O–H groups in total. The molecule has 8 heteroatoms. The number of hydrogen-bond donors (Lipinski definition) is 2. The molecule has 0 bridgehead atoms. The zero-order valence-electron chi connectivity index (χ0n) is 20.0. The molecule has 1 fully saturated rings. The van der Waals surface area contributed by atoms with Gasteiger partial charge in [-0.25, -0.2) is 12.7 Å². The summed E-state index contributed by atoms with van der Waals surface area (Å²) in [7, 11) is -0.448. The molecule has 0 aliphatic carbocycles. The summed E-state index contributed by atoms with van der Waals surface area (Å²) in [6.07, 6.45) is 1.56. The first-order valence-corrected chi connectivity index (χ1v) is 13.5. The van der Waals surface area contributed by atoms with Crippen molar-refractivity contribution < 1.29 is 13.5 Å². The van der Waals surface area contributed by atoms with Crippen molar-refractivity contribution in [3.8, 4) is 0 Å². The van der Waals surface area contributed by atoms with Gasteiger partial charge in [-0.3, -0.25) is 0 Å². The van der Waals surface area contributed by atoms with E-state index in [-0.39, 0.29) is 10.8 Å². The zero-order chi connectivity index (χ0) is 25.1. The summed E-state index contributed by atoms with van der Waals surface area (Å²) in [6.45, 7) is 1.43. The number of aliphatic hydroxyl groups is 1. The van der Waals surface area contributed by atoms with E-state index in [1.54, 1.807) is 24.3 Å². The molecule has 0 aromatic heterocycles. The van der Waals surface area contributed by atoms with Crippen LogP contribution in [0.5, 0.6) is 0 Å². The van der Waals surface area contributed by atoms with Crippen LogP contribution in [0.15, 0.2) is 89.8 Å². The maximum absolute atomic E-state index is 12.3. The van der Waals surface area contributed by atoms with E-state index < -0.39 is 15.6 Å². The molecule has 184 valence electrons. The summed E-state index contributed by atoms with van der Waals surface area (Å²) in [4.78, 5) is 2.34. The number of hydrogen-bond acceptors (Lipinski definition) is 4. The van der Waals surface area contributed by atoms with Crippen molar-refractivity contribution in [3.05, 3.63) is 96.1 Å². The van der Waals surface area contributed by atoms with Gasteiger partial charge >= 0.3 is 0 Å². The number of piperidine rings is 1. The fourth-order valence-electron chi connectivity index (χ4n) is 4.65. The summed E-state index contributed by atoms with van der Waals surface area (Å²) in [5.74, 6) is 0.0434. The molecule has 1 aliphatic heterocycles. The van der Waals surface area contributed by atoms with Crippen LogP contribution in [0.1, 0.15) is 24.0 Å². The highest BCUT2D eigenvalue weighted by atomic mass is 32.2. The largest absolute Gasteiger partial charge is 0.380 e. The zero-order valence-corrected chi connectivity index (χ0v) is 21.6. The Morgan fingerprint density at radius 2 is 1.40 bits per heavy atom. The molecular weight excluding hydrogens is 478 g/mol. The Kier molecular flexibility index (Phi) is 7.56. The van der Waals surface area contributed by atoms with Gasteiger partial charge in [-0.1, -0.05) is 60.7 Å². The lowest BCUT2D eigenvalue weighted by Gasteiger charge is -2.43. The first-order chi connectivity index (χ1) is 16.7. The number of anilines is 1. The van der Waals surface area contributed by atoms with E-state index in [0.29, 0.717) is 18.2 Å². The van der Waals surface area contributed by atoms with Crippen LogP contribution in [0.4, 0.5) is 5.69 Å². The quantitative estimate of drug-likeness (QED) is 0.483. The van der Waals surface area contributed by atoms with E-state index in [0.717, 1.165) is 29.7 Å². The van der Waals surface area contributed by atoms with Gasteiger partial charge in [0.15, 0.2) is 5.11 Å². The molecule has 0 spiro atoms. The molecule has 1 aliphatic rings. The predicted octanol–water partition coefficient (Wildman–Crippen LogP) is 4.28. The topological polar surface area (TPSA) is 72.9 Å². The minimum atomic E-state index is -3.47. The fraction of sp³-hybridized carbons (Fsp3) is 0.296. The van der Waals surface area contributed by atoms with E-state index in [9.17, 15) is 13.5 Å². The van der Waals surface area contributed by atoms with E-state index >= 15 is 0 Å². The van der Waals surface area contributed by atoms with Gasteiger partial charge in [0.1, 0.15) is 5.60 Å². The molecule has 0 radical (unpaired) electrons. The van der Waals surface area contributed by atoms with Crippen molar-refractivity contribution in [3.63, 3.8) is 0 Å². The Hall–Kier alpha value is -2.78. The second-order valence-electron chi connectivity index (χ2n) is 9.00. The molecule has 1 heterocycles. The number of nitrogens with one attached hydrogen (secondary N) is 1. The average molecular weight is 510 g/mol. The highest BCUT2D eigenvalue weighted by molar-refractivity contribution is 7.89. The van der Waals surface area contributed by atoms with E-state index in [4.69, 9.17) is 12.2 Å². The lowest BCUT2D eigenvalue weighted by Crippen LogP contribution is -2.47. The summed E-state index contributed by atoms with van der Waals surface area (Å²) in [6, 6.07) is 26.3. The summed E-state index contributed by atoms with van der Waals surface area (Å²) >= 11 is 5.65. The molecule has 3 aromatic rings. The van der Waals surface area contributed by atoms with Crippen LogP contribution < -0.4 is 5.32 Å². The fourth-order valence-corrected chi connectivity index (χ4v) is 5.85. The van der Waals surface area contributed by atoms with E-state index in [1.807, 2.05) is 60.7 Å². The van der Waals surface area contributed by atoms with Crippen molar-refractivity contribution in [1.82, 2.24) is 9.21 Å². The van der Waals surface area contributed by atoms with Crippen LogP contribution in [0.2, 0.25) is 0 Å². The van der Waals surface area contributed by atoms with Crippen molar-refractivity contribution in [2.24, 2.45) is 5.92 Å². The third-order valence-corrected chi connectivity index (χ3v) is 8.87. The van der Waals surface area contributed by atoms with Gasteiger partial charge in [-0.05, 0) is 66.4 Å². The van der Waals surface area contributed by atoms with Gasteiger partial charge in [0.25, 0.3) is 0 Å². The van der Waals surface area contributed by atoms with Crippen molar-refractivity contribution >= 4 is 33.0 Å². The maximum Gasteiger partial charge on any atom is 0.242 e. The normalized spacial score (nSPS) is 15.3. The highest BCUT2D eigenvalue weighted by Gasteiger charge is 2.41. The smallest absolute Gasteiger partial charge is 0.242 e. The van der Waals surface area contributed by atoms with Gasteiger partial charge in [-0.15, -0.1) is 0 Å². The Balaban J connectivity index is 1.44. The minimum Gasteiger partial charge on any atom is -0.380 e. The standard InChI is InChI=1S/C27H31N3O3S2/c1-29(2)35(32,33)25-15-13-24(14-16-25)28-26(34)30-19-17-23(18-20-30)27(31,21-9-5-3-6-10-21)22-11-7-4-8-12-22/h3-16,23,31H,17-20H2,1-2H3,(H,28,34). The monoisotopic (exact) mass is 509 g/mol. The van der Waals surface area contributed by atoms with Gasteiger partial charge < -0.3 is 15.3 Å². The highest BCUT2D eigenvalue weighted by Crippen LogP contribution is 2.42.